The molecular formula is C13H17BrClN3O2. The highest BCUT2D eigenvalue weighted by Gasteiger charge is 2.17. The molecule has 1 rings (SSSR count). The molecule has 0 spiro atoms. The summed E-state index contributed by atoms with van der Waals surface area (Å²) in [5.41, 5.74) is 6.26. The summed E-state index contributed by atoms with van der Waals surface area (Å²) in [5, 5.41) is 5.72. The standard InChI is InChI=1S/C13H17BrClN3O2/c1-7(2)12(16)13(20)17-6-11(19)18-10-4-3-8(15)5-9(10)14/h3-5,7,12H,6,16H2,1-2H3,(H,17,20)(H,18,19)/t12-/m0/s1. The molecule has 0 saturated heterocycles. The van der Waals surface area contributed by atoms with Crippen LogP contribution in [0.15, 0.2) is 22.7 Å². The molecular weight excluding hydrogens is 346 g/mol. The summed E-state index contributed by atoms with van der Waals surface area (Å²) in [6.07, 6.45) is 0. The van der Waals surface area contributed by atoms with Crippen LogP contribution >= 0.6 is 27.5 Å². The summed E-state index contributed by atoms with van der Waals surface area (Å²) in [6, 6.07) is 4.39. The Kier molecular flexibility index (Phi) is 6.45. The average Bonchev–Trinajstić information content (AvgIpc) is 2.38. The number of amides is 2. The number of hydrogen-bond donors (Lipinski definition) is 3. The van der Waals surface area contributed by atoms with Crippen LogP contribution in [0.4, 0.5) is 5.69 Å². The van der Waals surface area contributed by atoms with Crippen molar-refractivity contribution in [1.29, 1.82) is 0 Å². The van der Waals surface area contributed by atoms with E-state index in [1.807, 2.05) is 13.8 Å². The molecule has 0 bridgehead atoms. The minimum absolute atomic E-state index is 0.0171. The summed E-state index contributed by atoms with van der Waals surface area (Å²) in [4.78, 5) is 23.3. The van der Waals surface area contributed by atoms with Crippen molar-refractivity contribution in [1.82, 2.24) is 5.32 Å². The van der Waals surface area contributed by atoms with Crippen LogP contribution in [0.2, 0.25) is 5.02 Å². The van der Waals surface area contributed by atoms with Gasteiger partial charge in [-0.05, 0) is 40.0 Å². The van der Waals surface area contributed by atoms with E-state index < -0.39 is 6.04 Å². The molecule has 110 valence electrons. The Labute approximate surface area is 131 Å². The van der Waals surface area contributed by atoms with E-state index in [0.717, 1.165) is 0 Å². The highest BCUT2D eigenvalue weighted by atomic mass is 79.9. The van der Waals surface area contributed by atoms with Gasteiger partial charge in [-0.3, -0.25) is 9.59 Å². The van der Waals surface area contributed by atoms with Gasteiger partial charge in [0.05, 0.1) is 18.3 Å². The molecule has 0 saturated carbocycles. The second-order valence-corrected chi connectivity index (χ2v) is 5.95. The van der Waals surface area contributed by atoms with Gasteiger partial charge in [0.25, 0.3) is 0 Å². The van der Waals surface area contributed by atoms with Crippen molar-refractivity contribution >= 4 is 45.0 Å². The molecule has 0 heterocycles. The fourth-order valence-corrected chi connectivity index (χ4v) is 2.16. The van der Waals surface area contributed by atoms with Gasteiger partial charge in [-0.2, -0.15) is 0 Å². The van der Waals surface area contributed by atoms with E-state index in [4.69, 9.17) is 17.3 Å². The maximum Gasteiger partial charge on any atom is 0.243 e. The first-order valence-electron chi connectivity index (χ1n) is 6.09. The van der Waals surface area contributed by atoms with Gasteiger partial charge >= 0.3 is 0 Å². The van der Waals surface area contributed by atoms with Crippen molar-refractivity contribution in [3.05, 3.63) is 27.7 Å². The number of benzene rings is 1. The van der Waals surface area contributed by atoms with Gasteiger partial charge in [0.2, 0.25) is 11.8 Å². The number of nitrogens with one attached hydrogen (secondary N) is 2. The summed E-state index contributed by atoms with van der Waals surface area (Å²) in [6.45, 7) is 3.55. The highest BCUT2D eigenvalue weighted by Crippen LogP contribution is 2.25. The molecule has 0 unspecified atom stereocenters. The Balaban J connectivity index is 2.50. The first-order chi connectivity index (χ1) is 9.31. The lowest BCUT2D eigenvalue weighted by Gasteiger charge is -2.15. The van der Waals surface area contributed by atoms with Gasteiger partial charge in [0.1, 0.15) is 0 Å². The topological polar surface area (TPSA) is 84.2 Å². The molecule has 7 heteroatoms. The predicted octanol–water partition coefficient (Wildman–Crippen LogP) is 2.14. The quantitative estimate of drug-likeness (QED) is 0.750. The van der Waals surface area contributed by atoms with Crippen LogP contribution in [-0.4, -0.2) is 24.4 Å². The average molecular weight is 363 g/mol. The first-order valence-corrected chi connectivity index (χ1v) is 7.26. The van der Waals surface area contributed by atoms with Gasteiger partial charge in [-0.15, -0.1) is 0 Å². The normalized spacial score (nSPS) is 12.1. The van der Waals surface area contributed by atoms with Crippen LogP contribution in [0.5, 0.6) is 0 Å². The van der Waals surface area contributed by atoms with Gasteiger partial charge in [0, 0.05) is 9.50 Å². The lowest BCUT2D eigenvalue weighted by molar-refractivity contribution is -0.125. The second-order valence-electron chi connectivity index (χ2n) is 4.66. The summed E-state index contributed by atoms with van der Waals surface area (Å²) in [5.74, 6) is -0.661. The predicted molar refractivity (Wildman–Crippen MR) is 83.6 cm³/mol. The van der Waals surface area contributed by atoms with Gasteiger partial charge < -0.3 is 16.4 Å². The Morgan fingerprint density at radius 2 is 2.05 bits per heavy atom. The number of halogens is 2. The van der Waals surface area contributed by atoms with Crippen molar-refractivity contribution in [3.8, 4) is 0 Å². The summed E-state index contributed by atoms with van der Waals surface area (Å²) < 4.78 is 0.670. The number of carbonyl (C=O) groups is 2. The van der Waals surface area contributed by atoms with E-state index in [-0.39, 0.29) is 24.3 Å². The third-order valence-electron chi connectivity index (χ3n) is 2.65. The molecule has 1 atom stereocenters. The third-order valence-corrected chi connectivity index (χ3v) is 3.54. The smallest absolute Gasteiger partial charge is 0.243 e. The molecule has 1 aromatic carbocycles. The summed E-state index contributed by atoms with van der Waals surface area (Å²) >= 11 is 9.10. The first kappa shape index (κ1) is 16.9. The minimum Gasteiger partial charge on any atom is -0.346 e. The van der Waals surface area contributed by atoms with Gasteiger partial charge in [-0.1, -0.05) is 25.4 Å². The molecule has 20 heavy (non-hydrogen) atoms. The van der Waals surface area contributed by atoms with Crippen LogP contribution in [0.25, 0.3) is 0 Å². The molecule has 2 amide bonds. The van der Waals surface area contributed by atoms with E-state index in [0.29, 0.717) is 15.2 Å². The Morgan fingerprint density at radius 3 is 2.60 bits per heavy atom. The van der Waals surface area contributed by atoms with Crippen molar-refractivity contribution in [2.24, 2.45) is 11.7 Å². The lowest BCUT2D eigenvalue weighted by atomic mass is 10.1. The molecule has 4 N–H and O–H groups in total. The van der Waals surface area contributed by atoms with Gasteiger partial charge in [0.15, 0.2) is 0 Å². The molecule has 5 nitrogen and oxygen atoms in total. The number of hydrogen-bond acceptors (Lipinski definition) is 3. The Morgan fingerprint density at radius 1 is 1.40 bits per heavy atom. The van der Waals surface area contributed by atoms with E-state index in [9.17, 15) is 9.59 Å². The third kappa shape index (κ3) is 5.11. The van der Waals surface area contributed by atoms with Crippen LogP contribution in [0.3, 0.4) is 0 Å². The van der Waals surface area contributed by atoms with Crippen molar-refractivity contribution in [2.45, 2.75) is 19.9 Å². The molecule has 0 aromatic heterocycles. The zero-order chi connectivity index (χ0) is 15.3. The Bertz CT molecular complexity index is 508. The number of anilines is 1. The van der Waals surface area contributed by atoms with Gasteiger partial charge in [-0.25, -0.2) is 0 Å². The molecule has 1 aromatic rings. The molecule has 0 aliphatic heterocycles. The van der Waals surface area contributed by atoms with Crippen LogP contribution in [0.1, 0.15) is 13.8 Å². The van der Waals surface area contributed by atoms with Crippen molar-refractivity contribution in [3.63, 3.8) is 0 Å². The van der Waals surface area contributed by atoms with Crippen LogP contribution in [0, 0.1) is 5.92 Å². The number of nitrogens with two attached hydrogens (primary N) is 1. The molecule has 0 fully saturated rings. The molecule has 0 aliphatic rings. The molecule has 0 aliphatic carbocycles. The fraction of sp³-hybridized carbons (Fsp3) is 0.385. The fourth-order valence-electron chi connectivity index (χ4n) is 1.37. The lowest BCUT2D eigenvalue weighted by Crippen LogP contribution is -2.46. The number of rotatable bonds is 5. The number of carbonyl (C=O) groups excluding carboxylic acids is 2. The van der Waals surface area contributed by atoms with Crippen LogP contribution in [-0.2, 0) is 9.59 Å². The van der Waals surface area contributed by atoms with E-state index in [1.54, 1.807) is 18.2 Å². The maximum absolute atomic E-state index is 11.7. The zero-order valence-corrected chi connectivity index (χ0v) is 13.6. The SMILES string of the molecule is CC(C)[C@H](N)C(=O)NCC(=O)Nc1ccc(Cl)cc1Br. The van der Waals surface area contributed by atoms with Crippen molar-refractivity contribution < 1.29 is 9.59 Å². The van der Waals surface area contributed by atoms with E-state index in [1.165, 1.54) is 0 Å². The minimum atomic E-state index is -0.620. The van der Waals surface area contributed by atoms with Crippen molar-refractivity contribution in [2.75, 3.05) is 11.9 Å². The van der Waals surface area contributed by atoms with Crippen LogP contribution < -0.4 is 16.4 Å². The van der Waals surface area contributed by atoms with E-state index >= 15 is 0 Å². The molecule has 0 radical (unpaired) electrons. The largest absolute Gasteiger partial charge is 0.346 e. The Hall–Kier alpha value is -1.11. The second kappa shape index (κ2) is 7.61. The summed E-state index contributed by atoms with van der Waals surface area (Å²) in [7, 11) is 0. The highest BCUT2D eigenvalue weighted by molar-refractivity contribution is 9.10. The zero-order valence-electron chi connectivity index (χ0n) is 11.2. The van der Waals surface area contributed by atoms with E-state index in [2.05, 4.69) is 26.6 Å². The maximum atomic E-state index is 11.7. The monoisotopic (exact) mass is 361 g/mol.